The van der Waals surface area contributed by atoms with Crippen LogP contribution in [0.25, 0.3) is 0 Å². The van der Waals surface area contributed by atoms with Gasteiger partial charge in [0.15, 0.2) is 11.6 Å². The van der Waals surface area contributed by atoms with Crippen LogP contribution in [0.1, 0.15) is 229 Å². The van der Waals surface area contributed by atoms with E-state index >= 15 is 0 Å². The first-order valence-corrected chi connectivity index (χ1v) is 50.1. The van der Waals surface area contributed by atoms with E-state index in [0.717, 1.165) is 56.8 Å². The van der Waals surface area contributed by atoms with Gasteiger partial charge in [0.05, 0.1) is 122 Å². The number of aliphatic hydroxyl groups is 5. The van der Waals surface area contributed by atoms with E-state index in [2.05, 4.69) is 187 Å². The third kappa shape index (κ3) is 24.7. The quantitative estimate of drug-likeness (QED) is 0.0150. The second-order valence-corrected chi connectivity index (χ2v) is 39.7. The fourth-order valence-corrected chi connectivity index (χ4v) is 22.4. The van der Waals surface area contributed by atoms with Gasteiger partial charge in [-0.1, -0.05) is 210 Å². The summed E-state index contributed by atoms with van der Waals surface area (Å²) < 4.78 is 54.0. The average molecular weight is 1910 g/mol. The number of rotatable bonds is 32. The number of benzene rings is 14. The number of methoxy groups -OCH3 is 10. The molecule has 18 heteroatoms. The summed E-state index contributed by atoms with van der Waals surface area (Å²) in [5.74, 6) is 8.28. The van der Waals surface area contributed by atoms with Gasteiger partial charge in [-0.15, -0.1) is 0 Å². The van der Waals surface area contributed by atoms with E-state index in [0.29, 0.717) is 62.5 Å². The van der Waals surface area contributed by atoms with Gasteiger partial charge in [-0.05, 0) is 281 Å². The van der Waals surface area contributed by atoms with Crippen molar-refractivity contribution in [1.29, 1.82) is 0 Å². The summed E-state index contributed by atoms with van der Waals surface area (Å²) in [4.78, 5) is 24.9. The highest BCUT2D eigenvalue weighted by molar-refractivity contribution is 7.95. The molecule has 14 aromatic carbocycles. The maximum Gasteiger partial charge on any atom is 0.196 e. The first kappa shape index (κ1) is 106. The number of hydrogen-bond acceptors (Lipinski definition) is 17. The number of carbonyl (C=O) groups excluding carboxylic acids is 2. The molecule has 2 aliphatic carbocycles. The fourth-order valence-electron chi connectivity index (χ4n) is 19.3. The molecule has 16 rings (SSSR count). The molecule has 0 aromatic heterocycles. The molecule has 730 valence electrons. The zero-order valence-corrected chi connectivity index (χ0v) is 84.7. The van der Waals surface area contributed by atoms with Gasteiger partial charge < -0.3 is 72.9 Å². The van der Waals surface area contributed by atoms with Crippen LogP contribution in [0, 0.1) is 13.8 Å². The Bertz CT molecular complexity index is 6070. The van der Waals surface area contributed by atoms with E-state index in [1.54, 1.807) is 116 Å². The minimum absolute atomic E-state index is 0.0319. The summed E-state index contributed by atoms with van der Waals surface area (Å²) in [5.41, 5.74) is 20.4. The van der Waals surface area contributed by atoms with Crippen molar-refractivity contribution in [2.24, 2.45) is 0 Å². The molecule has 2 fully saturated rings. The maximum absolute atomic E-state index is 12.6. The molecule has 0 saturated heterocycles. The van der Waals surface area contributed by atoms with Crippen LogP contribution in [0.15, 0.2) is 303 Å². The topological polar surface area (TPSA) is 228 Å². The molecule has 2 saturated carbocycles. The van der Waals surface area contributed by atoms with E-state index in [-0.39, 0.29) is 67.1 Å². The van der Waals surface area contributed by atoms with Gasteiger partial charge in [0.2, 0.25) is 0 Å². The van der Waals surface area contributed by atoms with Gasteiger partial charge in [-0.3, -0.25) is 9.59 Å². The van der Waals surface area contributed by atoms with Crippen LogP contribution in [0.4, 0.5) is 0 Å². The summed E-state index contributed by atoms with van der Waals surface area (Å²) >= 11 is 0. The molecule has 0 heterocycles. The number of carbonyl (C=O) groups is 2. The molecule has 0 spiro atoms. The number of ketones is 2. The molecule has 2 unspecified atom stereocenters. The van der Waals surface area contributed by atoms with Gasteiger partial charge in [0, 0.05) is 45.1 Å². The molecule has 0 radical (unpaired) electrons. The highest BCUT2D eigenvalue weighted by atomic mass is 31.2. The SMILES string of the molecule is COc1cc(C)c(C(c2cc(C3CCCCC3)c(CO)cc2C)c2ccccc2OC)cc1C1CCCCC1.COc1ccc(C(=O)c2ccc(CO)c(CO)c2OC)cc1.COc1ccc(C(=O)c2ccccc2)c(OC)c1.COc1ccc(C(C)(C)c2ccc([P+](C)(c3ccc(CO)cc3)c3ccc(OC)cc3)cc2)cc1.COc1ccc(C(C)(c2ccc(CO)cc2)c2ccc(OC)cc2)cc1. The Hall–Kier alpha value is -13.4. The Morgan fingerprint density at radius 2 is 0.693 bits per heavy atom. The van der Waals surface area contributed by atoms with Crippen molar-refractivity contribution in [3.05, 3.63) is 420 Å². The smallest absolute Gasteiger partial charge is 0.196 e. The number of aryl methyl sites for hydroxylation is 2. The van der Waals surface area contributed by atoms with Crippen LogP contribution < -0.4 is 63.3 Å². The lowest BCUT2D eigenvalue weighted by Gasteiger charge is -2.32. The lowest BCUT2D eigenvalue weighted by Crippen LogP contribution is -2.31. The third-order valence-electron chi connectivity index (χ3n) is 27.8. The number of hydrogen-bond donors (Lipinski definition) is 5. The largest absolute Gasteiger partial charge is 0.497 e. The summed E-state index contributed by atoms with van der Waals surface area (Å²) in [6, 6.07) is 101. The molecule has 2 aliphatic rings. The monoisotopic (exact) mass is 1900 g/mol. The van der Waals surface area contributed by atoms with Crippen LogP contribution in [-0.2, 0) is 43.9 Å². The van der Waals surface area contributed by atoms with Crippen molar-refractivity contribution in [2.45, 2.75) is 160 Å². The van der Waals surface area contributed by atoms with Crippen molar-refractivity contribution >= 4 is 34.7 Å². The van der Waals surface area contributed by atoms with Gasteiger partial charge in [-0.25, -0.2) is 0 Å². The highest BCUT2D eigenvalue weighted by Gasteiger charge is 2.42. The first-order valence-electron chi connectivity index (χ1n) is 47.8. The number of para-hydroxylation sites is 1. The highest BCUT2D eigenvalue weighted by Crippen LogP contribution is 2.53. The van der Waals surface area contributed by atoms with Crippen molar-refractivity contribution < 1.29 is 82.5 Å². The minimum atomic E-state index is -1.90. The van der Waals surface area contributed by atoms with Crippen LogP contribution in [0.3, 0.4) is 0 Å². The molecule has 5 N–H and O–H groups in total. The van der Waals surface area contributed by atoms with E-state index in [1.807, 2.05) is 98.1 Å². The van der Waals surface area contributed by atoms with Crippen LogP contribution >= 0.6 is 7.26 Å². The Kier molecular flexibility index (Phi) is 38.1. The average Bonchev–Trinajstić information content (AvgIpc) is 0.765. The van der Waals surface area contributed by atoms with Gasteiger partial charge >= 0.3 is 0 Å². The molecule has 0 aliphatic heterocycles. The van der Waals surface area contributed by atoms with Crippen molar-refractivity contribution in [1.82, 2.24) is 0 Å². The number of ether oxygens (including phenoxy) is 10. The zero-order chi connectivity index (χ0) is 100. The van der Waals surface area contributed by atoms with Gasteiger partial charge in [0.25, 0.3) is 0 Å². The summed E-state index contributed by atoms with van der Waals surface area (Å²) in [6.07, 6.45) is 12.7. The molecule has 17 nitrogen and oxygen atoms in total. The van der Waals surface area contributed by atoms with Crippen molar-refractivity contribution in [3.8, 4) is 57.5 Å². The first-order chi connectivity index (χ1) is 67.9. The molecular weight excluding hydrogens is 1770 g/mol. The zero-order valence-electron chi connectivity index (χ0n) is 83.8. The van der Waals surface area contributed by atoms with Gasteiger partial charge in [0.1, 0.15) is 80.7 Å². The van der Waals surface area contributed by atoms with Crippen molar-refractivity contribution in [3.63, 3.8) is 0 Å². The predicted molar refractivity (Wildman–Crippen MR) is 564 cm³/mol. The predicted octanol–water partition coefficient (Wildman–Crippen LogP) is 23.9. The Labute approximate surface area is 828 Å². The second kappa shape index (κ2) is 50.5. The minimum Gasteiger partial charge on any atom is -0.497 e. The normalized spacial score (nSPS) is 13.2. The summed E-state index contributed by atoms with van der Waals surface area (Å²) in [7, 11) is 14.5. The van der Waals surface area contributed by atoms with E-state index < -0.39 is 7.26 Å². The fraction of sp³-hybridized carbons (Fsp3) is 0.295. The molecule has 0 bridgehead atoms. The molecule has 0 amide bonds. The van der Waals surface area contributed by atoms with Gasteiger partial charge in [-0.2, -0.15) is 0 Å². The van der Waals surface area contributed by atoms with Crippen LogP contribution in [0.2, 0.25) is 0 Å². The Balaban J connectivity index is 0.000000161. The summed E-state index contributed by atoms with van der Waals surface area (Å²) in [6.45, 7) is 13.2. The van der Waals surface area contributed by atoms with E-state index in [9.17, 15) is 35.1 Å². The van der Waals surface area contributed by atoms with E-state index in [1.165, 1.54) is 156 Å². The molecule has 140 heavy (non-hydrogen) atoms. The second-order valence-electron chi connectivity index (χ2n) is 36.1. The van der Waals surface area contributed by atoms with Crippen LogP contribution in [0.5, 0.6) is 57.5 Å². The molecular formula is C122H136O17P+. The van der Waals surface area contributed by atoms with Crippen molar-refractivity contribution in [2.75, 3.05) is 77.8 Å². The van der Waals surface area contributed by atoms with E-state index in [4.69, 9.17) is 47.4 Å². The Morgan fingerprint density at radius 1 is 0.321 bits per heavy atom. The molecule has 2 atom stereocenters. The molecule has 14 aromatic rings. The third-order valence-corrected chi connectivity index (χ3v) is 31.8. The Morgan fingerprint density at radius 3 is 1.14 bits per heavy atom. The summed E-state index contributed by atoms with van der Waals surface area (Å²) in [5, 5.41) is 51.9. The standard InChI is InChI=1S/C36H46O3.C31H34O3P.C23H24O3.C17H18O5.C15H14O3/c1-24-19-28(23-37)32(26-13-7-5-8-14-26)21-30(24)36(29-17-11-12-18-34(29)38-3)31-22-33(27-15-9-6-10-16-27)35(39-4)20-25(31)2;1-31(2,24-8-12-26(33-3)13-9-24)25-10-18-29(19-11-25)35(5,28-16-6-23(22-32)7-17-28)30-20-14-27(34-4)15-21-30;1-23(18-6-4-17(16-24)5-7-18,19-8-12-21(25-2)13-9-19)20-10-14-22(26-3)15-11-20;1-21-13-6-3-11(4-7-13)16(20)14-8-5-12(9-18)15(10-19)17(14)22-2;1-17-12-8-9-13(14(10-12)18-2)15(16)11-6-4-3-5-7-11/h11-12,17-22,26-27,36-37H,5-10,13-16,23H2,1-4H3;6-21,32H,22H2,1-5H3;4-15,24H,16H2,1-3H3;3-8,18-19H,9-10H2,1-2H3;3-10H,1-2H3/q;+1;;;. The lowest BCUT2D eigenvalue weighted by molar-refractivity contribution is 0.102. The lowest BCUT2D eigenvalue weighted by atomic mass is 9.71. The number of aliphatic hydroxyl groups excluding tert-OH is 5. The maximum atomic E-state index is 12.6. The van der Waals surface area contributed by atoms with Crippen LogP contribution in [-0.4, -0.2) is 115 Å².